The van der Waals surface area contributed by atoms with Gasteiger partial charge in [0.2, 0.25) is 0 Å². The number of fused-ring (bicyclic) bond motifs is 2. The Morgan fingerprint density at radius 1 is 0.833 bits per heavy atom. The minimum absolute atomic E-state index is 0.208. The summed E-state index contributed by atoms with van der Waals surface area (Å²) < 4.78 is 21.3. The van der Waals surface area contributed by atoms with Gasteiger partial charge in [0, 0.05) is 5.39 Å². The zero-order valence-electron chi connectivity index (χ0n) is 34.5. The summed E-state index contributed by atoms with van der Waals surface area (Å²) in [7, 11) is 1.68. The van der Waals surface area contributed by atoms with E-state index in [2.05, 4.69) is 76.2 Å². The number of hydrogen-bond donors (Lipinski definition) is 0. The number of benzene rings is 2. The summed E-state index contributed by atoms with van der Waals surface area (Å²) in [6, 6.07) is 12.3. The lowest BCUT2D eigenvalue weighted by atomic mass is 10.1. The van der Waals surface area contributed by atoms with E-state index in [1.165, 1.54) is 16.7 Å². The van der Waals surface area contributed by atoms with Crippen molar-refractivity contribution in [2.75, 3.05) is 13.7 Å². The maximum atomic E-state index is 5.79. The number of allylic oxidation sites excluding steroid dienone is 6. The molecule has 0 fully saturated rings. The van der Waals surface area contributed by atoms with Gasteiger partial charge in [-0.2, -0.15) is 0 Å². The SMILES string of the molecule is C/C=C\C(=C/C)CC.CC.CC.CC.CC.CC/C=C(/C)OC.CCc1ccc2c(c1)OCC(C)(C)O2.CCc1ccc2cnoc2c1. The Hall–Kier alpha value is -3.47. The Kier molecular flexibility index (Phi) is 37.3. The molecular formula is C43H75NO4. The second-order valence-electron chi connectivity index (χ2n) is 9.98. The number of methoxy groups -OCH3 is 1. The molecule has 5 heteroatoms. The second kappa shape index (κ2) is 34.9. The van der Waals surface area contributed by atoms with E-state index in [4.69, 9.17) is 18.7 Å². The van der Waals surface area contributed by atoms with Crippen molar-refractivity contribution in [3.05, 3.63) is 89.4 Å². The van der Waals surface area contributed by atoms with E-state index in [9.17, 15) is 0 Å². The zero-order chi connectivity index (χ0) is 38.0. The van der Waals surface area contributed by atoms with Gasteiger partial charge in [0.1, 0.15) is 12.2 Å². The Morgan fingerprint density at radius 2 is 1.40 bits per heavy atom. The molecule has 0 N–H and O–H groups in total. The van der Waals surface area contributed by atoms with Crippen LogP contribution in [0.25, 0.3) is 11.0 Å². The van der Waals surface area contributed by atoms with Crippen LogP contribution in [0.2, 0.25) is 0 Å². The minimum atomic E-state index is -0.208. The summed E-state index contributed by atoms with van der Waals surface area (Å²) in [5.74, 6) is 2.74. The van der Waals surface area contributed by atoms with E-state index in [-0.39, 0.29) is 5.60 Å². The highest BCUT2D eigenvalue weighted by atomic mass is 16.6. The van der Waals surface area contributed by atoms with Crippen LogP contribution < -0.4 is 9.47 Å². The van der Waals surface area contributed by atoms with E-state index in [0.29, 0.717) is 6.61 Å². The molecule has 0 unspecified atom stereocenters. The van der Waals surface area contributed by atoms with Gasteiger partial charge >= 0.3 is 0 Å². The fourth-order valence-corrected chi connectivity index (χ4v) is 3.68. The second-order valence-corrected chi connectivity index (χ2v) is 9.98. The van der Waals surface area contributed by atoms with Crippen molar-refractivity contribution in [2.45, 2.75) is 149 Å². The van der Waals surface area contributed by atoms with Crippen LogP contribution in [0.4, 0.5) is 0 Å². The molecule has 4 rings (SSSR count). The monoisotopic (exact) mass is 670 g/mol. The lowest BCUT2D eigenvalue weighted by molar-refractivity contribution is 0.0212. The van der Waals surface area contributed by atoms with Gasteiger partial charge < -0.3 is 18.7 Å². The van der Waals surface area contributed by atoms with Gasteiger partial charge in [-0.25, -0.2) is 0 Å². The summed E-state index contributed by atoms with van der Waals surface area (Å²) in [6.07, 6.45) is 14.4. The first-order chi connectivity index (χ1) is 23.2. The third kappa shape index (κ3) is 23.8. The third-order valence-electron chi connectivity index (χ3n) is 6.18. The number of hydrogen-bond acceptors (Lipinski definition) is 5. The van der Waals surface area contributed by atoms with Crippen LogP contribution in [-0.2, 0) is 17.6 Å². The highest BCUT2D eigenvalue weighted by Crippen LogP contribution is 2.35. The van der Waals surface area contributed by atoms with Gasteiger partial charge in [0.15, 0.2) is 17.1 Å². The largest absolute Gasteiger partial charge is 0.502 e. The Bertz CT molecular complexity index is 1220. The van der Waals surface area contributed by atoms with Crippen LogP contribution in [0.5, 0.6) is 11.5 Å². The number of ether oxygens (including phenoxy) is 3. The topological polar surface area (TPSA) is 53.7 Å². The molecule has 1 aromatic heterocycles. The van der Waals surface area contributed by atoms with Crippen molar-refractivity contribution in [1.29, 1.82) is 0 Å². The van der Waals surface area contributed by atoms with Crippen LogP contribution in [0.3, 0.4) is 0 Å². The summed E-state index contributed by atoms with van der Waals surface area (Å²) in [5, 5.41) is 4.77. The van der Waals surface area contributed by atoms with Crippen LogP contribution >= 0.6 is 0 Å². The standard InChI is InChI=1S/C12H16O2.C9H9NO.C8H14.C6H12O.4C2H6/c1-4-9-5-6-10-11(7-9)13-8-12(2,3)14-10;1-2-7-3-4-8-6-10-11-9(8)5-7;1-4-7-8(5-2)6-3;1-4-5-6(2)7-3;4*1-2/h5-7H,4,8H2,1-3H3;3-6H,2H2,1H3;4-5,7H,6H2,1-3H3;5H,4H2,1-3H3;4*1-2H3/b;;7-4-,8-5-;6-5-;;;;. The Labute approximate surface area is 297 Å². The van der Waals surface area contributed by atoms with E-state index in [1.807, 2.05) is 107 Å². The highest BCUT2D eigenvalue weighted by Gasteiger charge is 2.27. The molecule has 5 nitrogen and oxygen atoms in total. The van der Waals surface area contributed by atoms with Gasteiger partial charge in [-0.1, -0.05) is 124 Å². The smallest absolute Gasteiger partial charge is 0.167 e. The van der Waals surface area contributed by atoms with Gasteiger partial charge in [-0.3, -0.25) is 0 Å². The molecule has 48 heavy (non-hydrogen) atoms. The highest BCUT2D eigenvalue weighted by molar-refractivity contribution is 5.76. The molecule has 276 valence electrons. The normalized spacial score (nSPS) is 12.0. The van der Waals surface area contributed by atoms with Gasteiger partial charge in [-0.05, 0) is 102 Å². The molecule has 0 atom stereocenters. The summed E-state index contributed by atoms with van der Waals surface area (Å²) >= 11 is 0. The predicted molar refractivity (Wildman–Crippen MR) is 215 cm³/mol. The number of aromatic nitrogens is 1. The minimum Gasteiger partial charge on any atom is -0.502 e. The first-order valence-corrected chi connectivity index (χ1v) is 18.4. The van der Waals surface area contributed by atoms with Gasteiger partial charge in [-0.15, -0.1) is 0 Å². The van der Waals surface area contributed by atoms with Gasteiger partial charge in [0.05, 0.1) is 19.1 Å². The lowest BCUT2D eigenvalue weighted by Gasteiger charge is -2.32. The third-order valence-corrected chi connectivity index (χ3v) is 6.18. The summed E-state index contributed by atoms with van der Waals surface area (Å²) in [4.78, 5) is 0. The molecule has 0 saturated carbocycles. The molecule has 0 spiro atoms. The number of aryl methyl sites for hydroxylation is 2. The maximum Gasteiger partial charge on any atom is 0.167 e. The predicted octanol–water partition coefficient (Wildman–Crippen LogP) is 14.2. The lowest BCUT2D eigenvalue weighted by Crippen LogP contribution is -2.38. The fraction of sp³-hybridized carbons (Fsp3) is 0.558. The Morgan fingerprint density at radius 3 is 1.83 bits per heavy atom. The van der Waals surface area contributed by atoms with Crippen molar-refractivity contribution in [3.8, 4) is 11.5 Å². The Balaban J connectivity index is -0.000000258. The molecule has 0 saturated heterocycles. The van der Waals surface area contributed by atoms with Crippen LogP contribution in [0.1, 0.15) is 142 Å². The molecule has 0 bridgehead atoms. The molecular weight excluding hydrogens is 594 g/mol. The van der Waals surface area contributed by atoms with Crippen molar-refractivity contribution in [3.63, 3.8) is 0 Å². The average Bonchev–Trinajstić information content (AvgIpc) is 3.62. The maximum absolute atomic E-state index is 5.79. The molecule has 1 aliphatic rings. The van der Waals surface area contributed by atoms with Crippen molar-refractivity contribution in [2.24, 2.45) is 0 Å². The van der Waals surface area contributed by atoms with Gasteiger partial charge in [0.25, 0.3) is 0 Å². The molecule has 2 heterocycles. The molecule has 0 aliphatic carbocycles. The average molecular weight is 670 g/mol. The van der Waals surface area contributed by atoms with E-state index in [1.54, 1.807) is 13.3 Å². The van der Waals surface area contributed by atoms with Crippen molar-refractivity contribution < 1.29 is 18.7 Å². The van der Waals surface area contributed by atoms with Crippen molar-refractivity contribution in [1.82, 2.24) is 5.16 Å². The van der Waals surface area contributed by atoms with Crippen LogP contribution in [0, 0.1) is 0 Å². The van der Waals surface area contributed by atoms with Crippen LogP contribution in [-0.4, -0.2) is 24.5 Å². The molecule has 1 aliphatic heterocycles. The quantitative estimate of drug-likeness (QED) is 0.193. The van der Waals surface area contributed by atoms with Crippen LogP contribution in [0.15, 0.2) is 82.8 Å². The molecule has 0 amide bonds. The van der Waals surface area contributed by atoms with Crippen molar-refractivity contribution >= 4 is 11.0 Å². The van der Waals surface area contributed by atoms with E-state index >= 15 is 0 Å². The first kappa shape index (κ1) is 51.4. The molecule has 3 aromatic rings. The fourth-order valence-electron chi connectivity index (χ4n) is 3.68. The molecule has 0 radical (unpaired) electrons. The number of nitrogens with zero attached hydrogens (tertiary/aromatic N) is 1. The summed E-state index contributed by atoms with van der Waals surface area (Å²) in [6.45, 7) is 35.2. The molecule has 2 aromatic carbocycles. The van der Waals surface area contributed by atoms with E-state index in [0.717, 1.165) is 53.9 Å². The first-order valence-electron chi connectivity index (χ1n) is 18.4. The number of rotatable bonds is 6. The summed E-state index contributed by atoms with van der Waals surface area (Å²) in [5.41, 5.74) is 4.65. The zero-order valence-corrected chi connectivity index (χ0v) is 34.5. The van der Waals surface area contributed by atoms with E-state index < -0.39 is 0 Å².